The second-order valence-corrected chi connectivity index (χ2v) is 27.0. The van der Waals surface area contributed by atoms with E-state index >= 15 is 0 Å². The number of hydrogen-bond acceptors (Lipinski definition) is 16. The zero-order valence-electron chi connectivity index (χ0n) is 56.8. The number of amides is 12. The van der Waals surface area contributed by atoms with Crippen molar-refractivity contribution in [3.05, 3.63) is 77.9 Å². The Bertz CT molecular complexity index is 3040. The van der Waals surface area contributed by atoms with E-state index in [-0.39, 0.29) is 74.9 Å². The number of anilines is 1. The van der Waals surface area contributed by atoms with Gasteiger partial charge in [-0.2, -0.15) is 0 Å². The predicted molar refractivity (Wildman–Crippen MR) is 352 cm³/mol. The van der Waals surface area contributed by atoms with Crippen LogP contribution in [0.15, 0.2) is 66.7 Å². The lowest BCUT2D eigenvalue weighted by molar-refractivity contribution is -0.148. The van der Waals surface area contributed by atoms with Gasteiger partial charge in [0.15, 0.2) is 0 Å². The summed E-state index contributed by atoms with van der Waals surface area (Å²) < 4.78 is 45.8. The maximum absolute atomic E-state index is 14.8. The Morgan fingerprint density at radius 2 is 1.35 bits per heavy atom. The van der Waals surface area contributed by atoms with E-state index in [0.717, 1.165) is 9.80 Å². The largest absolute Gasteiger partial charge is 0.445 e. The first-order chi connectivity index (χ1) is 44.4. The summed E-state index contributed by atoms with van der Waals surface area (Å²) in [6.07, 6.45) is 3.31. The van der Waals surface area contributed by atoms with Crippen molar-refractivity contribution < 1.29 is 75.4 Å². The third-order valence-electron chi connectivity index (χ3n) is 17.2. The summed E-state index contributed by atoms with van der Waals surface area (Å²) in [5, 5.41) is 13.7. The molecule has 10 atom stereocenters. The third kappa shape index (κ3) is 23.5. The lowest BCUT2D eigenvalue weighted by Gasteiger charge is -2.41. The fourth-order valence-electron chi connectivity index (χ4n) is 11.8. The molecule has 2 aliphatic rings. The number of nitrogens with two attached hydrogens (primary N) is 1. The number of carbonyl (C=O) groups is 11. The quantitative estimate of drug-likeness (QED) is 0.0360. The summed E-state index contributed by atoms with van der Waals surface area (Å²) in [6.45, 7) is 16.4. The molecular formula is C66H101N11O16S. The van der Waals surface area contributed by atoms with Gasteiger partial charge in [-0.15, -0.1) is 0 Å². The van der Waals surface area contributed by atoms with Gasteiger partial charge in [0.2, 0.25) is 51.4 Å². The molecule has 0 bridgehead atoms. The predicted octanol–water partition coefficient (Wildman–Crippen LogP) is 4.48. The van der Waals surface area contributed by atoms with Gasteiger partial charge in [0.25, 0.3) is 11.8 Å². The van der Waals surface area contributed by atoms with Gasteiger partial charge in [0.05, 0.1) is 42.4 Å². The normalized spacial score (nSPS) is 16.9. The van der Waals surface area contributed by atoms with Crippen LogP contribution in [0.25, 0.3) is 0 Å². The second-order valence-electron chi connectivity index (χ2n) is 25.3. The Hall–Kier alpha value is -7.98. The van der Waals surface area contributed by atoms with Crippen molar-refractivity contribution in [3.63, 3.8) is 0 Å². The summed E-state index contributed by atoms with van der Waals surface area (Å²) in [6, 6.07) is 8.46. The number of sulfonamides is 1. The monoisotopic (exact) mass is 1340 g/mol. The maximum atomic E-state index is 14.8. The van der Waals surface area contributed by atoms with Crippen molar-refractivity contribution in [2.45, 2.75) is 187 Å². The van der Waals surface area contributed by atoms with Crippen molar-refractivity contribution in [3.8, 4) is 0 Å². The fourth-order valence-corrected chi connectivity index (χ4v) is 13.0. The molecule has 12 amide bonds. The van der Waals surface area contributed by atoms with E-state index in [9.17, 15) is 61.2 Å². The number of likely N-dealkylation sites (tertiary alicyclic amines) is 1. The van der Waals surface area contributed by atoms with Crippen molar-refractivity contribution >= 4 is 81.0 Å². The Labute approximate surface area is 553 Å². The van der Waals surface area contributed by atoms with E-state index in [2.05, 4.69) is 31.3 Å². The minimum Gasteiger partial charge on any atom is -0.445 e. The third-order valence-corrected chi connectivity index (χ3v) is 18.4. The molecule has 522 valence electrons. The van der Waals surface area contributed by atoms with Crippen molar-refractivity contribution in [2.24, 2.45) is 35.3 Å². The van der Waals surface area contributed by atoms with Crippen LogP contribution in [0.3, 0.4) is 0 Å². The topological polar surface area (TPSA) is 361 Å². The number of hydrogen-bond donors (Lipinski definition) is 7. The highest BCUT2D eigenvalue weighted by atomic mass is 32.2. The number of primary amides is 1. The lowest BCUT2D eigenvalue weighted by atomic mass is 9.89. The molecule has 28 heteroatoms. The highest BCUT2D eigenvalue weighted by Gasteiger charge is 2.44. The average molecular weight is 1340 g/mol. The van der Waals surface area contributed by atoms with Gasteiger partial charge < -0.3 is 56.3 Å². The minimum absolute atomic E-state index is 0.0774. The number of carbonyl (C=O) groups excluding carboxylic acids is 11. The van der Waals surface area contributed by atoms with Crippen LogP contribution in [0.5, 0.6) is 0 Å². The minimum atomic E-state index is -4.06. The number of benzene rings is 2. The van der Waals surface area contributed by atoms with Gasteiger partial charge in [-0.05, 0) is 85.5 Å². The number of rotatable bonds is 38. The highest BCUT2D eigenvalue weighted by molar-refractivity contribution is 7.89. The SMILES string of the molecule is CC[C@@H](C)[C@@H]([C@@H](CC(=O)N1CCC[C@H]1[C@H](OC)[C@@H](C)C(=O)NS(=O)(=O)Cc1ccccc1)OC)N(C)C(=O)[C@@H](NC(=O)[C@H](C(C)C)N(C)C(=O)OCc1ccc(NC(=O)[C@H](CCCNC(N)=O)NC(=O)[C@@H](NC(=O)CCCCCN2C(=O)C=CC2=O)C(C)C)cc1)C(C)C. The second kappa shape index (κ2) is 37.8. The van der Waals surface area contributed by atoms with E-state index in [1.54, 1.807) is 115 Å². The number of methoxy groups -OCH3 is 2. The van der Waals surface area contributed by atoms with Crippen LogP contribution in [0.2, 0.25) is 0 Å². The summed E-state index contributed by atoms with van der Waals surface area (Å²) in [4.78, 5) is 152. The first-order valence-corrected chi connectivity index (χ1v) is 34.0. The zero-order chi connectivity index (χ0) is 70.1. The molecule has 0 saturated carbocycles. The van der Waals surface area contributed by atoms with Gasteiger partial charge >= 0.3 is 12.1 Å². The molecule has 2 aromatic rings. The Kier molecular flexibility index (Phi) is 31.5. The number of urea groups is 1. The van der Waals surface area contributed by atoms with Crippen LogP contribution < -0.4 is 37.0 Å². The molecule has 0 spiro atoms. The Morgan fingerprint density at radius 1 is 0.713 bits per heavy atom. The molecule has 2 aromatic carbocycles. The zero-order valence-corrected chi connectivity index (χ0v) is 57.6. The first kappa shape index (κ1) is 78.5. The molecule has 8 N–H and O–H groups in total. The average Bonchev–Trinajstić information content (AvgIpc) is 1.25. The Balaban J connectivity index is 1.38. The molecule has 0 aromatic heterocycles. The molecule has 4 rings (SSSR count). The molecule has 1 fully saturated rings. The van der Waals surface area contributed by atoms with Crippen LogP contribution in [0.1, 0.15) is 138 Å². The van der Waals surface area contributed by atoms with E-state index < -0.39 is 130 Å². The summed E-state index contributed by atoms with van der Waals surface area (Å²) >= 11 is 0. The van der Waals surface area contributed by atoms with Gasteiger partial charge in [0, 0.05) is 72.2 Å². The summed E-state index contributed by atoms with van der Waals surface area (Å²) in [5.74, 6) is -7.38. The smallest absolute Gasteiger partial charge is 0.410 e. The molecule has 0 unspecified atom stereocenters. The van der Waals surface area contributed by atoms with Crippen LogP contribution >= 0.6 is 0 Å². The molecule has 94 heavy (non-hydrogen) atoms. The van der Waals surface area contributed by atoms with E-state index in [4.69, 9.17) is 19.9 Å². The first-order valence-electron chi connectivity index (χ1n) is 32.3. The number of nitrogens with zero attached hydrogens (tertiary/aromatic N) is 4. The van der Waals surface area contributed by atoms with Crippen LogP contribution in [-0.2, 0) is 79.7 Å². The molecular weight excluding hydrogens is 1230 g/mol. The van der Waals surface area contributed by atoms with Crippen LogP contribution in [0.4, 0.5) is 15.3 Å². The van der Waals surface area contributed by atoms with Gasteiger partial charge in [0.1, 0.15) is 30.8 Å². The molecule has 0 radical (unpaired) electrons. The standard InChI is InChI=1S/C66H101N11O16S/c1-14-43(8)58(50(91-12)37-54(81)76-36-22-26-49(76)59(92-13)44(9)60(82)73-94(89,90)39-46-23-17-15-18-24-46)74(10)64(86)56(41(4)5)72-63(85)57(42(6)7)75(11)66(88)93-38-45-28-30-47(31-29-45)69-61(83)48(25-21-34-68-65(67)87)70-62(84)55(40(2)3)71-51(78)27-19-16-20-35-77-52(79)32-33-53(77)80/h15,17-18,23-24,28-33,40-44,48-50,55-59H,14,16,19-22,25-27,34-39H2,1-13H3,(H,69,83)(H,70,84)(H,71,78)(H,72,85)(H,73,82)(H3,67,68,87)/t43-,44-,48+,49+,50-,55+,56+,57+,58+,59-/m1/s1. The number of likely N-dealkylation sites (N-methyl/N-ethyl adjacent to an activating group) is 2. The summed E-state index contributed by atoms with van der Waals surface area (Å²) in [7, 11) is 1.84. The van der Waals surface area contributed by atoms with E-state index in [0.29, 0.717) is 61.9 Å². The van der Waals surface area contributed by atoms with E-state index in [1.165, 1.54) is 38.3 Å². The Morgan fingerprint density at radius 3 is 1.93 bits per heavy atom. The van der Waals surface area contributed by atoms with Crippen molar-refractivity contribution in [1.82, 2.24) is 45.6 Å². The highest BCUT2D eigenvalue weighted by Crippen LogP contribution is 2.30. The molecule has 2 aliphatic heterocycles. The van der Waals surface area contributed by atoms with Crippen molar-refractivity contribution in [1.29, 1.82) is 0 Å². The lowest BCUT2D eigenvalue weighted by Crippen LogP contribution is -2.60. The van der Waals surface area contributed by atoms with Gasteiger partial charge in [-0.25, -0.2) is 18.0 Å². The number of unbranched alkanes of at least 4 members (excludes halogenated alkanes) is 2. The maximum Gasteiger partial charge on any atom is 0.410 e. The number of nitrogens with one attached hydrogen (secondary N) is 6. The molecule has 27 nitrogen and oxygen atoms in total. The van der Waals surface area contributed by atoms with Crippen LogP contribution in [0, 0.1) is 29.6 Å². The summed E-state index contributed by atoms with van der Waals surface area (Å²) in [5.41, 5.74) is 6.59. The van der Waals surface area contributed by atoms with Gasteiger partial charge in [-0.1, -0.05) is 118 Å². The number of ether oxygens (including phenoxy) is 3. The van der Waals surface area contributed by atoms with Gasteiger partial charge in [-0.3, -0.25) is 57.7 Å². The molecule has 2 heterocycles. The molecule has 1 saturated heterocycles. The fraction of sp³-hybridized carbons (Fsp3) is 0.621. The molecule has 0 aliphatic carbocycles. The van der Waals surface area contributed by atoms with E-state index in [1.807, 2.05) is 13.8 Å². The van der Waals surface area contributed by atoms with Crippen molar-refractivity contribution in [2.75, 3.05) is 53.3 Å². The van der Waals surface area contributed by atoms with Crippen LogP contribution in [-0.4, -0.2) is 190 Å². The number of imide groups is 1.